The molecule has 0 saturated heterocycles. The van der Waals surface area contributed by atoms with Crippen LogP contribution in [-0.2, 0) is 14.8 Å². The van der Waals surface area contributed by atoms with Crippen LogP contribution in [0, 0.1) is 12.7 Å². The zero-order valence-electron chi connectivity index (χ0n) is 14.2. The Morgan fingerprint density at radius 3 is 2.40 bits per heavy atom. The van der Waals surface area contributed by atoms with E-state index < -0.39 is 15.8 Å². The van der Waals surface area contributed by atoms with Crippen LogP contribution in [0.3, 0.4) is 0 Å². The molecule has 2 rings (SSSR count). The zero-order valence-corrected chi connectivity index (χ0v) is 15.0. The van der Waals surface area contributed by atoms with Gasteiger partial charge < -0.3 is 5.32 Å². The summed E-state index contributed by atoms with van der Waals surface area (Å²) in [7, 11) is -3.46. The fraction of sp³-hybridized carbons (Fsp3) is 0.278. The van der Waals surface area contributed by atoms with Crippen molar-refractivity contribution in [2.45, 2.75) is 19.8 Å². The van der Waals surface area contributed by atoms with Crippen LogP contribution in [0.5, 0.6) is 0 Å². The van der Waals surface area contributed by atoms with Crippen LogP contribution in [0.15, 0.2) is 48.5 Å². The number of benzene rings is 2. The van der Waals surface area contributed by atoms with Gasteiger partial charge in [-0.05, 0) is 37.1 Å². The lowest BCUT2D eigenvalue weighted by Crippen LogP contribution is -2.32. The largest absolute Gasteiger partial charge is 0.324 e. The van der Waals surface area contributed by atoms with Gasteiger partial charge in [-0.1, -0.05) is 30.3 Å². The van der Waals surface area contributed by atoms with Crippen LogP contribution in [0.1, 0.15) is 18.4 Å². The van der Waals surface area contributed by atoms with E-state index in [-0.39, 0.29) is 24.6 Å². The highest BCUT2D eigenvalue weighted by molar-refractivity contribution is 7.92. The Hall–Kier alpha value is -2.41. The summed E-state index contributed by atoms with van der Waals surface area (Å²) in [5.74, 6) is -0.864. The lowest BCUT2D eigenvalue weighted by atomic mass is 10.2. The summed E-state index contributed by atoms with van der Waals surface area (Å²) >= 11 is 0. The second kappa shape index (κ2) is 8.11. The number of carbonyl (C=O) groups is 1. The average molecular weight is 364 g/mol. The molecule has 7 heteroatoms. The van der Waals surface area contributed by atoms with Gasteiger partial charge in [0, 0.05) is 13.0 Å². The first kappa shape index (κ1) is 18.9. The van der Waals surface area contributed by atoms with Crippen LogP contribution >= 0.6 is 0 Å². The predicted octanol–water partition coefficient (Wildman–Crippen LogP) is 3.32. The molecule has 5 nitrogen and oxygen atoms in total. The predicted molar refractivity (Wildman–Crippen MR) is 97.6 cm³/mol. The molecule has 0 radical (unpaired) electrons. The van der Waals surface area contributed by atoms with Crippen molar-refractivity contribution in [1.29, 1.82) is 0 Å². The minimum absolute atomic E-state index is 0.0895. The summed E-state index contributed by atoms with van der Waals surface area (Å²) in [5, 5.41) is 2.49. The zero-order chi connectivity index (χ0) is 18.4. The van der Waals surface area contributed by atoms with E-state index in [0.717, 1.165) is 11.8 Å². The third kappa shape index (κ3) is 5.29. The van der Waals surface area contributed by atoms with Gasteiger partial charge in [0.25, 0.3) is 0 Å². The first-order valence-electron chi connectivity index (χ1n) is 7.87. The Morgan fingerprint density at radius 1 is 1.12 bits per heavy atom. The van der Waals surface area contributed by atoms with E-state index in [9.17, 15) is 17.6 Å². The molecule has 2 aromatic rings. The maximum Gasteiger partial charge on any atom is 0.232 e. The minimum Gasteiger partial charge on any atom is -0.324 e. The number of halogens is 1. The van der Waals surface area contributed by atoms with Crippen molar-refractivity contribution in [2.24, 2.45) is 0 Å². The van der Waals surface area contributed by atoms with Gasteiger partial charge in [0.1, 0.15) is 5.82 Å². The highest BCUT2D eigenvalue weighted by atomic mass is 32.2. The highest BCUT2D eigenvalue weighted by Crippen LogP contribution is 2.22. The van der Waals surface area contributed by atoms with Crippen molar-refractivity contribution in [3.8, 4) is 0 Å². The Morgan fingerprint density at radius 2 is 1.76 bits per heavy atom. The molecule has 134 valence electrons. The Labute approximate surface area is 147 Å². The Balaban J connectivity index is 1.99. The van der Waals surface area contributed by atoms with Crippen molar-refractivity contribution in [3.63, 3.8) is 0 Å². The molecule has 0 aliphatic heterocycles. The number of para-hydroxylation sites is 2. The topological polar surface area (TPSA) is 66.5 Å². The molecule has 0 unspecified atom stereocenters. The Bertz CT molecular complexity index is 853. The maximum atomic E-state index is 13.5. The molecule has 0 bridgehead atoms. The summed E-state index contributed by atoms with van der Waals surface area (Å²) in [6.07, 6.45) is 1.55. The number of anilines is 2. The fourth-order valence-corrected chi connectivity index (χ4v) is 3.49. The lowest BCUT2D eigenvalue weighted by molar-refractivity contribution is -0.116. The van der Waals surface area contributed by atoms with Crippen molar-refractivity contribution >= 4 is 27.3 Å². The van der Waals surface area contributed by atoms with Gasteiger partial charge >= 0.3 is 0 Å². The SMILES string of the molecule is Cc1ccccc1N(CCCC(=O)Nc1ccccc1F)S(C)(=O)=O. The van der Waals surface area contributed by atoms with Gasteiger partial charge in [-0.2, -0.15) is 0 Å². The molecule has 1 N–H and O–H groups in total. The van der Waals surface area contributed by atoms with Crippen molar-refractivity contribution in [2.75, 3.05) is 22.4 Å². The van der Waals surface area contributed by atoms with E-state index in [1.807, 2.05) is 19.1 Å². The van der Waals surface area contributed by atoms with E-state index in [1.165, 1.54) is 22.5 Å². The average Bonchev–Trinajstić information content (AvgIpc) is 2.54. The van der Waals surface area contributed by atoms with Gasteiger partial charge in [-0.15, -0.1) is 0 Å². The van der Waals surface area contributed by atoms with Crippen LogP contribution in [0.2, 0.25) is 0 Å². The first-order chi connectivity index (χ1) is 11.8. The lowest BCUT2D eigenvalue weighted by Gasteiger charge is -2.24. The minimum atomic E-state index is -3.46. The quantitative estimate of drug-likeness (QED) is 0.820. The van der Waals surface area contributed by atoms with Crippen molar-refractivity contribution in [3.05, 3.63) is 59.9 Å². The van der Waals surface area contributed by atoms with Crippen molar-refractivity contribution < 1.29 is 17.6 Å². The number of nitrogens with one attached hydrogen (secondary N) is 1. The number of hydrogen-bond donors (Lipinski definition) is 1. The molecular weight excluding hydrogens is 343 g/mol. The standard InChI is InChI=1S/C18H21FN2O3S/c1-14-8-3-6-11-17(14)21(25(2,23)24)13-7-12-18(22)20-16-10-5-4-9-15(16)19/h3-6,8-11H,7,12-13H2,1-2H3,(H,20,22). The Kier molecular flexibility index (Phi) is 6.14. The van der Waals surface area contributed by atoms with Gasteiger partial charge in [-0.3, -0.25) is 9.10 Å². The second-order valence-corrected chi connectivity index (χ2v) is 7.66. The number of hydrogen-bond acceptors (Lipinski definition) is 3. The number of nitrogens with zero attached hydrogens (tertiary/aromatic N) is 1. The summed E-state index contributed by atoms with van der Waals surface area (Å²) in [6, 6.07) is 13.1. The van der Waals surface area contributed by atoms with Gasteiger partial charge in [-0.25, -0.2) is 12.8 Å². The van der Waals surface area contributed by atoms with E-state index in [0.29, 0.717) is 12.1 Å². The van der Waals surface area contributed by atoms with Gasteiger partial charge in [0.05, 0.1) is 17.6 Å². The third-order valence-corrected chi connectivity index (χ3v) is 4.88. The number of aryl methyl sites for hydroxylation is 1. The molecule has 0 atom stereocenters. The van der Waals surface area contributed by atoms with E-state index in [1.54, 1.807) is 18.2 Å². The van der Waals surface area contributed by atoms with Gasteiger partial charge in [0.15, 0.2) is 0 Å². The molecule has 0 aromatic heterocycles. The molecule has 0 spiro atoms. The normalized spacial score (nSPS) is 11.2. The summed E-state index contributed by atoms with van der Waals surface area (Å²) in [4.78, 5) is 12.0. The molecule has 2 aromatic carbocycles. The number of amides is 1. The van der Waals surface area contributed by atoms with E-state index >= 15 is 0 Å². The molecule has 0 saturated carbocycles. The summed E-state index contributed by atoms with van der Waals surface area (Å²) < 4.78 is 39.0. The molecule has 1 amide bonds. The van der Waals surface area contributed by atoms with Gasteiger partial charge in [0.2, 0.25) is 15.9 Å². The van der Waals surface area contributed by atoms with Crippen LogP contribution < -0.4 is 9.62 Å². The van der Waals surface area contributed by atoms with Crippen LogP contribution in [0.25, 0.3) is 0 Å². The summed E-state index contributed by atoms with van der Waals surface area (Å²) in [5.41, 5.74) is 1.55. The number of sulfonamides is 1. The fourth-order valence-electron chi connectivity index (χ4n) is 2.47. The third-order valence-electron chi connectivity index (χ3n) is 3.70. The summed E-state index contributed by atoms with van der Waals surface area (Å²) in [6.45, 7) is 2.01. The molecule has 25 heavy (non-hydrogen) atoms. The molecule has 0 aliphatic rings. The second-order valence-electron chi connectivity index (χ2n) is 5.75. The van der Waals surface area contributed by atoms with Crippen LogP contribution in [0.4, 0.5) is 15.8 Å². The molecule has 0 fully saturated rings. The maximum absolute atomic E-state index is 13.5. The molecular formula is C18H21FN2O3S. The highest BCUT2D eigenvalue weighted by Gasteiger charge is 2.19. The van der Waals surface area contributed by atoms with Crippen molar-refractivity contribution in [1.82, 2.24) is 0 Å². The van der Waals surface area contributed by atoms with E-state index in [2.05, 4.69) is 5.32 Å². The van der Waals surface area contributed by atoms with E-state index in [4.69, 9.17) is 0 Å². The first-order valence-corrected chi connectivity index (χ1v) is 9.71. The molecule has 0 heterocycles. The van der Waals surface area contributed by atoms with Crippen LogP contribution in [-0.4, -0.2) is 27.1 Å². The smallest absolute Gasteiger partial charge is 0.232 e. The monoisotopic (exact) mass is 364 g/mol. The number of rotatable bonds is 7. The molecule has 0 aliphatic carbocycles. The number of carbonyl (C=O) groups excluding carboxylic acids is 1.